The lowest BCUT2D eigenvalue weighted by Crippen LogP contribution is -2.30. The van der Waals surface area contributed by atoms with Crippen molar-refractivity contribution >= 4 is 50.9 Å². The molecule has 0 radical (unpaired) electrons. The Morgan fingerprint density at radius 3 is 2.24 bits per heavy atom. The predicted octanol–water partition coefficient (Wildman–Crippen LogP) is 2.86. The van der Waals surface area contributed by atoms with Gasteiger partial charge in [-0.1, -0.05) is 29.3 Å². The van der Waals surface area contributed by atoms with Crippen molar-refractivity contribution in [3.63, 3.8) is 0 Å². The predicted molar refractivity (Wildman–Crippen MR) is 95.6 cm³/mol. The Hall–Kier alpha value is -2.29. The summed E-state index contributed by atoms with van der Waals surface area (Å²) in [7, 11) is -2.67. The van der Waals surface area contributed by atoms with Gasteiger partial charge in [0, 0.05) is 12.7 Å². The van der Waals surface area contributed by atoms with Gasteiger partial charge in [0.15, 0.2) is 0 Å². The normalized spacial score (nSPS) is 10.8. The van der Waals surface area contributed by atoms with E-state index in [0.29, 0.717) is 5.69 Å². The van der Waals surface area contributed by atoms with Crippen LogP contribution in [-0.2, 0) is 10.0 Å². The number of urea groups is 1. The maximum absolute atomic E-state index is 12.3. The molecule has 0 aliphatic carbocycles. The molecule has 0 saturated carbocycles. The molecule has 2 aromatic rings. The van der Waals surface area contributed by atoms with Crippen LogP contribution in [0.3, 0.4) is 0 Å². The molecule has 0 bridgehead atoms. The van der Waals surface area contributed by atoms with Crippen molar-refractivity contribution in [2.24, 2.45) is 0 Å². The van der Waals surface area contributed by atoms with Crippen LogP contribution in [0.5, 0.6) is 0 Å². The van der Waals surface area contributed by atoms with Crippen molar-refractivity contribution < 1.29 is 18.0 Å². The second kappa shape index (κ2) is 7.73. The van der Waals surface area contributed by atoms with Gasteiger partial charge in [-0.25, -0.2) is 17.9 Å². The Morgan fingerprint density at radius 1 is 1.00 bits per heavy atom. The first-order valence-corrected chi connectivity index (χ1v) is 9.08. The summed E-state index contributed by atoms with van der Waals surface area (Å²) in [5.41, 5.74) is 0.332. The van der Waals surface area contributed by atoms with Crippen molar-refractivity contribution in [3.05, 3.63) is 58.1 Å². The third-order valence-corrected chi connectivity index (χ3v) is 5.24. The van der Waals surface area contributed by atoms with E-state index >= 15 is 0 Å². The van der Waals surface area contributed by atoms with E-state index in [0.717, 1.165) is 0 Å². The Bertz CT molecular complexity index is 915. The number of halogens is 2. The molecule has 10 heteroatoms. The summed E-state index contributed by atoms with van der Waals surface area (Å²) < 4.78 is 26.5. The molecule has 3 amide bonds. The number of rotatable bonds is 4. The smallest absolute Gasteiger partial charge is 0.318 e. The van der Waals surface area contributed by atoms with Gasteiger partial charge >= 0.3 is 6.03 Å². The molecule has 0 spiro atoms. The number of hydrogen-bond donors (Lipinski definition) is 3. The van der Waals surface area contributed by atoms with Crippen LogP contribution in [-0.4, -0.2) is 27.4 Å². The SMILES string of the molecule is CNC(=O)Nc1ccc(S(=O)(=O)NC(=O)c2cccc(Cl)c2Cl)cc1. The first-order valence-electron chi connectivity index (χ1n) is 6.84. The minimum absolute atomic E-state index is 0.0398. The minimum atomic E-state index is -4.12. The van der Waals surface area contributed by atoms with Crippen molar-refractivity contribution in [1.82, 2.24) is 10.0 Å². The second-order valence-corrected chi connectivity index (χ2v) is 7.23. The van der Waals surface area contributed by atoms with E-state index in [-0.39, 0.29) is 20.5 Å². The third kappa shape index (κ3) is 4.62. The van der Waals surface area contributed by atoms with Gasteiger partial charge in [-0.15, -0.1) is 0 Å². The lowest BCUT2D eigenvalue weighted by atomic mass is 10.2. The zero-order valence-electron chi connectivity index (χ0n) is 12.8. The number of amides is 3. The molecule has 0 aromatic heterocycles. The number of carbonyl (C=O) groups is 2. The molecule has 0 unspecified atom stereocenters. The molecule has 2 rings (SSSR count). The molecule has 2 aromatic carbocycles. The molecular weight excluding hydrogens is 389 g/mol. The standard InChI is InChI=1S/C15H13Cl2N3O4S/c1-18-15(22)19-9-5-7-10(8-6-9)25(23,24)20-14(21)11-3-2-4-12(16)13(11)17/h2-8H,1H3,(H,20,21)(H2,18,19,22). The van der Waals surface area contributed by atoms with Crippen LogP contribution in [0, 0.1) is 0 Å². The summed E-state index contributed by atoms with van der Waals surface area (Å²) in [6.07, 6.45) is 0. The first-order chi connectivity index (χ1) is 11.7. The van der Waals surface area contributed by atoms with Gasteiger partial charge in [0.25, 0.3) is 15.9 Å². The lowest BCUT2D eigenvalue weighted by Gasteiger charge is -2.10. The molecule has 0 saturated heterocycles. The quantitative estimate of drug-likeness (QED) is 0.732. The molecular formula is C15H13Cl2N3O4S. The van der Waals surface area contributed by atoms with Crippen molar-refractivity contribution in [2.75, 3.05) is 12.4 Å². The molecule has 25 heavy (non-hydrogen) atoms. The zero-order chi connectivity index (χ0) is 18.6. The minimum Gasteiger partial charge on any atom is -0.341 e. The van der Waals surface area contributed by atoms with E-state index < -0.39 is 22.0 Å². The fourth-order valence-electron chi connectivity index (χ4n) is 1.83. The van der Waals surface area contributed by atoms with Crippen LogP contribution in [0.2, 0.25) is 10.0 Å². The van der Waals surface area contributed by atoms with Gasteiger partial charge in [-0.3, -0.25) is 4.79 Å². The Labute approximate surface area is 154 Å². The van der Waals surface area contributed by atoms with Gasteiger partial charge < -0.3 is 10.6 Å². The Morgan fingerprint density at radius 2 is 1.64 bits per heavy atom. The number of hydrogen-bond acceptors (Lipinski definition) is 4. The summed E-state index contributed by atoms with van der Waals surface area (Å²) >= 11 is 11.7. The highest BCUT2D eigenvalue weighted by molar-refractivity contribution is 7.90. The van der Waals surface area contributed by atoms with Crippen LogP contribution in [0.25, 0.3) is 0 Å². The summed E-state index contributed by atoms with van der Waals surface area (Å²) in [6.45, 7) is 0. The Kier molecular flexibility index (Phi) is 5.89. The average Bonchev–Trinajstić information content (AvgIpc) is 2.57. The highest BCUT2D eigenvalue weighted by Gasteiger charge is 2.21. The van der Waals surface area contributed by atoms with Crippen LogP contribution in [0.4, 0.5) is 10.5 Å². The number of nitrogens with one attached hydrogen (secondary N) is 3. The number of sulfonamides is 1. The molecule has 0 aliphatic heterocycles. The summed E-state index contributed by atoms with van der Waals surface area (Å²) in [6, 6.07) is 9.15. The highest BCUT2D eigenvalue weighted by Crippen LogP contribution is 2.25. The van der Waals surface area contributed by atoms with Crippen LogP contribution in [0.1, 0.15) is 10.4 Å². The Balaban J connectivity index is 2.20. The monoisotopic (exact) mass is 401 g/mol. The first kappa shape index (κ1) is 19.0. The summed E-state index contributed by atoms with van der Waals surface area (Å²) in [5, 5.41) is 4.95. The molecule has 0 heterocycles. The van der Waals surface area contributed by atoms with Crippen LogP contribution in [0.15, 0.2) is 47.4 Å². The average molecular weight is 402 g/mol. The highest BCUT2D eigenvalue weighted by atomic mass is 35.5. The van der Waals surface area contributed by atoms with Gasteiger partial charge in [0.1, 0.15) is 0 Å². The van der Waals surface area contributed by atoms with Crippen molar-refractivity contribution in [1.29, 1.82) is 0 Å². The second-order valence-electron chi connectivity index (χ2n) is 4.76. The number of anilines is 1. The maximum atomic E-state index is 12.3. The zero-order valence-corrected chi connectivity index (χ0v) is 15.2. The van der Waals surface area contributed by atoms with E-state index in [4.69, 9.17) is 23.2 Å². The van der Waals surface area contributed by atoms with Gasteiger partial charge in [0.05, 0.1) is 20.5 Å². The number of benzene rings is 2. The molecule has 7 nitrogen and oxygen atoms in total. The van der Waals surface area contributed by atoms with Crippen LogP contribution < -0.4 is 15.4 Å². The van der Waals surface area contributed by atoms with Crippen molar-refractivity contribution in [3.8, 4) is 0 Å². The molecule has 0 atom stereocenters. The van der Waals surface area contributed by atoms with Crippen molar-refractivity contribution in [2.45, 2.75) is 4.90 Å². The fourth-order valence-corrected chi connectivity index (χ4v) is 3.18. The lowest BCUT2D eigenvalue weighted by molar-refractivity contribution is 0.0981. The van der Waals surface area contributed by atoms with E-state index in [9.17, 15) is 18.0 Å². The maximum Gasteiger partial charge on any atom is 0.318 e. The molecule has 3 N–H and O–H groups in total. The largest absolute Gasteiger partial charge is 0.341 e. The van der Waals surface area contributed by atoms with E-state index in [1.54, 1.807) is 0 Å². The van der Waals surface area contributed by atoms with E-state index in [2.05, 4.69) is 10.6 Å². The van der Waals surface area contributed by atoms with E-state index in [1.807, 2.05) is 4.72 Å². The topological polar surface area (TPSA) is 104 Å². The summed E-state index contributed by atoms with van der Waals surface area (Å²) in [4.78, 5) is 23.2. The third-order valence-electron chi connectivity index (χ3n) is 3.07. The molecule has 0 aliphatic rings. The van der Waals surface area contributed by atoms with Gasteiger partial charge in [0.2, 0.25) is 0 Å². The number of carbonyl (C=O) groups excluding carboxylic acids is 2. The molecule has 0 fully saturated rings. The summed E-state index contributed by atoms with van der Waals surface area (Å²) in [5.74, 6) is -0.903. The fraction of sp³-hybridized carbons (Fsp3) is 0.0667. The van der Waals surface area contributed by atoms with Crippen LogP contribution >= 0.6 is 23.2 Å². The van der Waals surface area contributed by atoms with Gasteiger partial charge in [-0.2, -0.15) is 0 Å². The molecule has 132 valence electrons. The van der Waals surface area contributed by atoms with E-state index in [1.165, 1.54) is 49.5 Å². The van der Waals surface area contributed by atoms with Gasteiger partial charge in [-0.05, 0) is 36.4 Å².